The summed E-state index contributed by atoms with van der Waals surface area (Å²) in [6.45, 7) is 7.60. The quantitative estimate of drug-likeness (QED) is 0.384. The first kappa shape index (κ1) is 15.4. The Labute approximate surface area is 125 Å². The summed E-state index contributed by atoms with van der Waals surface area (Å²) in [5, 5.41) is 12.1. The molecule has 3 N–H and O–H groups in total. The van der Waals surface area contributed by atoms with Crippen molar-refractivity contribution < 1.29 is 14.7 Å². The van der Waals surface area contributed by atoms with Crippen LogP contribution >= 0.6 is 0 Å². The SMILES string of the molecule is COc1ccc(/C(N)=N/O)c(N2CC(C)OC(C)(C)C2)c1. The molecule has 0 spiro atoms. The van der Waals surface area contributed by atoms with Gasteiger partial charge in [0.05, 0.1) is 24.5 Å². The largest absolute Gasteiger partial charge is 0.497 e. The maximum absolute atomic E-state index is 8.98. The van der Waals surface area contributed by atoms with Gasteiger partial charge in [-0.1, -0.05) is 5.16 Å². The Bertz CT molecular complexity index is 543. The number of morpholine rings is 1. The Morgan fingerprint density at radius 1 is 1.52 bits per heavy atom. The zero-order chi connectivity index (χ0) is 15.6. The molecule has 6 nitrogen and oxygen atoms in total. The minimum Gasteiger partial charge on any atom is -0.497 e. The van der Waals surface area contributed by atoms with E-state index >= 15 is 0 Å². The number of amidine groups is 1. The first-order valence-electron chi connectivity index (χ1n) is 6.95. The molecule has 6 heteroatoms. The minimum absolute atomic E-state index is 0.0876. The third-order valence-electron chi connectivity index (χ3n) is 3.50. The number of nitrogens with zero attached hydrogens (tertiary/aromatic N) is 2. The summed E-state index contributed by atoms with van der Waals surface area (Å²) in [5.41, 5.74) is 7.10. The minimum atomic E-state index is -0.261. The van der Waals surface area contributed by atoms with E-state index in [-0.39, 0.29) is 17.5 Å². The van der Waals surface area contributed by atoms with E-state index < -0.39 is 0 Å². The molecule has 21 heavy (non-hydrogen) atoms. The fraction of sp³-hybridized carbons (Fsp3) is 0.533. The Morgan fingerprint density at radius 3 is 2.81 bits per heavy atom. The van der Waals surface area contributed by atoms with E-state index in [4.69, 9.17) is 20.4 Å². The second-order valence-electron chi connectivity index (χ2n) is 5.94. The molecule has 1 unspecified atom stereocenters. The predicted molar refractivity (Wildman–Crippen MR) is 82.3 cm³/mol. The van der Waals surface area contributed by atoms with E-state index in [1.165, 1.54) is 0 Å². The van der Waals surface area contributed by atoms with E-state index in [2.05, 4.69) is 23.9 Å². The molecule has 0 saturated carbocycles. The van der Waals surface area contributed by atoms with Crippen LogP contribution in [0.2, 0.25) is 0 Å². The molecule has 1 heterocycles. The third-order valence-corrected chi connectivity index (χ3v) is 3.50. The Hall–Kier alpha value is -1.95. The van der Waals surface area contributed by atoms with Gasteiger partial charge < -0.3 is 25.3 Å². The second-order valence-corrected chi connectivity index (χ2v) is 5.94. The zero-order valence-electron chi connectivity index (χ0n) is 13.0. The van der Waals surface area contributed by atoms with Crippen molar-refractivity contribution in [2.45, 2.75) is 32.5 Å². The van der Waals surface area contributed by atoms with Gasteiger partial charge in [-0.3, -0.25) is 0 Å². The first-order valence-corrected chi connectivity index (χ1v) is 6.95. The molecule has 0 radical (unpaired) electrons. The number of hydrogen-bond acceptors (Lipinski definition) is 5. The Morgan fingerprint density at radius 2 is 2.24 bits per heavy atom. The summed E-state index contributed by atoms with van der Waals surface area (Å²) in [4.78, 5) is 2.18. The molecule has 116 valence electrons. The maximum atomic E-state index is 8.98. The molecule has 1 aliphatic heterocycles. The van der Waals surface area contributed by atoms with Crippen molar-refractivity contribution in [2.24, 2.45) is 10.9 Å². The molecule has 0 aliphatic carbocycles. The average molecular weight is 293 g/mol. The van der Waals surface area contributed by atoms with Crippen molar-refractivity contribution >= 4 is 11.5 Å². The predicted octanol–water partition coefficient (Wildman–Crippen LogP) is 1.79. The van der Waals surface area contributed by atoms with E-state index in [1.54, 1.807) is 19.2 Å². The van der Waals surface area contributed by atoms with Crippen molar-refractivity contribution in [3.05, 3.63) is 23.8 Å². The molecule has 1 aliphatic rings. The van der Waals surface area contributed by atoms with E-state index in [0.717, 1.165) is 24.5 Å². The molecule has 1 saturated heterocycles. The number of nitrogens with two attached hydrogens (primary N) is 1. The van der Waals surface area contributed by atoms with Crippen LogP contribution in [0.5, 0.6) is 5.75 Å². The molecule has 0 aromatic heterocycles. The van der Waals surface area contributed by atoms with Crippen molar-refractivity contribution in [2.75, 3.05) is 25.1 Å². The average Bonchev–Trinajstić information content (AvgIpc) is 2.43. The molecule has 1 fully saturated rings. The van der Waals surface area contributed by atoms with Gasteiger partial charge in [-0.15, -0.1) is 0 Å². The van der Waals surface area contributed by atoms with E-state index in [0.29, 0.717) is 5.56 Å². The van der Waals surface area contributed by atoms with Crippen molar-refractivity contribution in [3.8, 4) is 5.75 Å². The van der Waals surface area contributed by atoms with Crippen LogP contribution in [0.15, 0.2) is 23.4 Å². The molecule has 1 atom stereocenters. The normalized spacial score (nSPS) is 22.2. The number of benzene rings is 1. The van der Waals surface area contributed by atoms with Gasteiger partial charge in [-0.2, -0.15) is 0 Å². The third kappa shape index (κ3) is 3.39. The summed E-state index contributed by atoms with van der Waals surface area (Å²) < 4.78 is 11.2. The molecule has 0 amide bonds. The van der Waals surface area contributed by atoms with Gasteiger partial charge in [0.1, 0.15) is 5.75 Å². The lowest BCUT2D eigenvalue weighted by atomic mass is 10.0. The Balaban J connectivity index is 2.45. The second kappa shape index (κ2) is 5.81. The fourth-order valence-electron chi connectivity index (χ4n) is 2.81. The van der Waals surface area contributed by atoms with Crippen LogP contribution in [-0.2, 0) is 4.74 Å². The van der Waals surface area contributed by atoms with Gasteiger partial charge in [-0.25, -0.2) is 0 Å². The van der Waals surface area contributed by atoms with Gasteiger partial charge in [0.15, 0.2) is 5.84 Å². The van der Waals surface area contributed by atoms with Crippen LogP contribution < -0.4 is 15.4 Å². The number of anilines is 1. The molecule has 0 bridgehead atoms. The van der Waals surface area contributed by atoms with Gasteiger partial charge in [-0.05, 0) is 32.9 Å². The summed E-state index contributed by atoms with van der Waals surface area (Å²) in [5.74, 6) is 0.820. The monoisotopic (exact) mass is 293 g/mol. The van der Waals surface area contributed by atoms with Gasteiger partial charge in [0, 0.05) is 24.7 Å². The first-order chi connectivity index (χ1) is 9.86. The molecule has 1 aromatic carbocycles. The molecule has 2 rings (SSSR count). The van der Waals surface area contributed by atoms with E-state index in [9.17, 15) is 0 Å². The van der Waals surface area contributed by atoms with Crippen LogP contribution in [-0.4, -0.2) is 42.9 Å². The highest BCUT2D eigenvalue weighted by Crippen LogP contribution is 2.31. The lowest BCUT2D eigenvalue weighted by molar-refractivity contribution is -0.0749. The summed E-state index contributed by atoms with van der Waals surface area (Å²) in [6, 6.07) is 5.50. The summed E-state index contributed by atoms with van der Waals surface area (Å²) in [6.07, 6.45) is 0.0973. The summed E-state index contributed by atoms with van der Waals surface area (Å²) in [7, 11) is 1.62. The van der Waals surface area contributed by atoms with E-state index in [1.807, 2.05) is 13.0 Å². The van der Waals surface area contributed by atoms with Gasteiger partial charge in [0.25, 0.3) is 0 Å². The zero-order valence-corrected chi connectivity index (χ0v) is 13.0. The number of ether oxygens (including phenoxy) is 2. The highest BCUT2D eigenvalue weighted by atomic mass is 16.5. The molecular formula is C15H23N3O3. The molecular weight excluding hydrogens is 270 g/mol. The van der Waals surface area contributed by atoms with Crippen molar-refractivity contribution in [3.63, 3.8) is 0 Å². The molecule has 1 aromatic rings. The number of oxime groups is 1. The van der Waals surface area contributed by atoms with Crippen LogP contribution in [0, 0.1) is 0 Å². The van der Waals surface area contributed by atoms with Crippen molar-refractivity contribution in [1.29, 1.82) is 0 Å². The van der Waals surface area contributed by atoms with Gasteiger partial charge >= 0.3 is 0 Å². The van der Waals surface area contributed by atoms with Gasteiger partial charge in [0.2, 0.25) is 0 Å². The van der Waals surface area contributed by atoms with Crippen LogP contribution in [0.4, 0.5) is 5.69 Å². The van der Waals surface area contributed by atoms with Crippen LogP contribution in [0.3, 0.4) is 0 Å². The number of rotatable bonds is 3. The lowest BCUT2D eigenvalue weighted by Gasteiger charge is -2.43. The number of methoxy groups -OCH3 is 1. The highest BCUT2D eigenvalue weighted by Gasteiger charge is 2.32. The topological polar surface area (TPSA) is 80.3 Å². The Kier molecular flexibility index (Phi) is 4.27. The maximum Gasteiger partial charge on any atom is 0.172 e. The fourth-order valence-corrected chi connectivity index (χ4v) is 2.81. The summed E-state index contributed by atoms with van der Waals surface area (Å²) >= 11 is 0. The smallest absolute Gasteiger partial charge is 0.172 e. The highest BCUT2D eigenvalue weighted by molar-refractivity contribution is 6.02. The van der Waals surface area contributed by atoms with Crippen LogP contribution in [0.1, 0.15) is 26.3 Å². The lowest BCUT2D eigenvalue weighted by Crippen LogP contribution is -2.52. The standard InChI is InChI=1S/C15H23N3O3/c1-10-8-18(9-15(2,3)21-10)13-7-11(20-4)5-6-12(13)14(16)17-19/h5-7,10,19H,8-9H2,1-4H3,(H2,16,17). The number of hydrogen-bond donors (Lipinski definition) is 2. The van der Waals surface area contributed by atoms with Crippen molar-refractivity contribution in [1.82, 2.24) is 0 Å². The van der Waals surface area contributed by atoms with Crippen LogP contribution in [0.25, 0.3) is 0 Å².